The zero-order valence-corrected chi connectivity index (χ0v) is 21.4. The number of aryl methyl sites for hydroxylation is 1. The zero-order chi connectivity index (χ0) is 26.3. The molecule has 1 aromatic heterocycles. The first-order chi connectivity index (χ1) is 17.9. The first kappa shape index (κ1) is 26.2. The number of hydrogen-bond donors (Lipinski definition) is 1. The molecule has 0 radical (unpaired) electrons. The maximum Gasteiger partial charge on any atom is 0.231 e. The van der Waals surface area contributed by atoms with E-state index in [0.29, 0.717) is 25.9 Å². The van der Waals surface area contributed by atoms with Gasteiger partial charge in [0.05, 0.1) is 12.1 Å². The SMILES string of the molecule is Cc1ccc(Cl)cc1N1CCN(C(=O)CCC2(c3ccccn3)C=NC=N2)CC1.O=C1C=CNC(=O)C1. The average molecular weight is 521 g/mol. The van der Waals surface area contributed by atoms with E-state index in [1.807, 2.05) is 41.3 Å². The Morgan fingerprint density at radius 3 is 2.57 bits per heavy atom. The first-order valence-electron chi connectivity index (χ1n) is 12.1. The molecule has 4 heterocycles. The maximum atomic E-state index is 12.9. The Labute approximate surface area is 220 Å². The van der Waals surface area contributed by atoms with Gasteiger partial charge in [0, 0.05) is 61.9 Å². The number of nitrogens with zero attached hydrogens (tertiary/aromatic N) is 5. The largest absolute Gasteiger partial charge is 0.368 e. The molecule has 1 aromatic carbocycles. The number of pyridine rings is 1. The summed E-state index contributed by atoms with van der Waals surface area (Å²) < 4.78 is 0. The average Bonchev–Trinajstić information content (AvgIpc) is 3.40. The van der Waals surface area contributed by atoms with E-state index >= 15 is 0 Å². The number of piperazine rings is 1. The van der Waals surface area contributed by atoms with Gasteiger partial charge in [-0.15, -0.1) is 0 Å². The van der Waals surface area contributed by atoms with Crippen molar-refractivity contribution in [1.29, 1.82) is 0 Å². The third-order valence-corrected chi connectivity index (χ3v) is 6.70. The van der Waals surface area contributed by atoms with Crippen molar-refractivity contribution >= 4 is 47.4 Å². The van der Waals surface area contributed by atoms with Crippen molar-refractivity contribution in [2.75, 3.05) is 31.1 Å². The number of ketones is 1. The van der Waals surface area contributed by atoms with Crippen LogP contribution in [-0.4, -0.2) is 66.2 Å². The summed E-state index contributed by atoms with van der Waals surface area (Å²) in [5.41, 5.74) is 2.54. The van der Waals surface area contributed by atoms with Gasteiger partial charge in [-0.1, -0.05) is 23.7 Å². The standard InChI is InChI=1S/C22H24ClN5O.C5H5NO2/c1-17-5-6-18(23)14-19(17)27-10-12-28(13-11-27)21(29)7-8-22(15-24-16-26-22)20-4-2-3-9-25-20;7-4-1-2-6-5(8)3-4/h2-6,9,14-16H,7-8,10-13H2,1H3;1-2H,3H2,(H,6,8). The van der Waals surface area contributed by atoms with Crippen LogP contribution < -0.4 is 10.2 Å². The molecule has 37 heavy (non-hydrogen) atoms. The van der Waals surface area contributed by atoms with E-state index in [4.69, 9.17) is 11.6 Å². The topological polar surface area (TPSA) is 107 Å². The number of carbonyl (C=O) groups is 3. The van der Waals surface area contributed by atoms with E-state index in [-0.39, 0.29) is 24.0 Å². The van der Waals surface area contributed by atoms with Gasteiger partial charge in [-0.2, -0.15) is 0 Å². The molecule has 9 nitrogen and oxygen atoms in total. The number of rotatable bonds is 5. The Hall–Kier alpha value is -3.85. The molecule has 2 amide bonds. The van der Waals surface area contributed by atoms with Gasteiger partial charge < -0.3 is 15.1 Å². The highest BCUT2D eigenvalue weighted by molar-refractivity contribution is 6.30. The molecule has 1 atom stereocenters. The van der Waals surface area contributed by atoms with Gasteiger partial charge in [-0.25, -0.2) is 4.99 Å². The fraction of sp³-hybridized carbons (Fsp3) is 0.333. The number of halogens is 1. The van der Waals surface area contributed by atoms with Crippen LogP contribution in [-0.2, 0) is 19.9 Å². The van der Waals surface area contributed by atoms with E-state index in [9.17, 15) is 14.4 Å². The number of amides is 2. The normalized spacial score (nSPS) is 20.5. The molecule has 3 aliphatic rings. The van der Waals surface area contributed by atoms with Crippen molar-refractivity contribution in [1.82, 2.24) is 15.2 Å². The summed E-state index contributed by atoms with van der Waals surface area (Å²) >= 11 is 6.16. The summed E-state index contributed by atoms with van der Waals surface area (Å²) in [7, 11) is 0. The lowest BCUT2D eigenvalue weighted by atomic mass is 9.91. The van der Waals surface area contributed by atoms with Crippen molar-refractivity contribution in [3.63, 3.8) is 0 Å². The minimum absolute atomic E-state index is 0.00347. The minimum atomic E-state index is -0.628. The Kier molecular flexibility index (Phi) is 8.45. The fourth-order valence-electron chi connectivity index (χ4n) is 4.41. The molecule has 10 heteroatoms. The first-order valence-corrected chi connectivity index (χ1v) is 12.5. The van der Waals surface area contributed by atoms with Crippen molar-refractivity contribution in [2.24, 2.45) is 9.98 Å². The molecule has 1 fully saturated rings. The summed E-state index contributed by atoms with van der Waals surface area (Å²) in [6.45, 7) is 5.11. The van der Waals surface area contributed by atoms with Crippen molar-refractivity contribution in [2.45, 2.75) is 31.7 Å². The van der Waals surface area contributed by atoms with Crippen LogP contribution in [0.4, 0.5) is 5.69 Å². The van der Waals surface area contributed by atoms with Gasteiger partial charge in [-0.3, -0.25) is 24.4 Å². The molecule has 1 unspecified atom stereocenters. The summed E-state index contributed by atoms with van der Waals surface area (Å²) in [5.74, 6) is -0.204. The molecule has 0 spiro atoms. The van der Waals surface area contributed by atoms with E-state index < -0.39 is 5.54 Å². The third-order valence-electron chi connectivity index (χ3n) is 6.46. The minimum Gasteiger partial charge on any atom is -0.368 e. The molecular formula is C27H29ClN6O3. The lowest BCUT2D eigenvalue weighted by Crippen LogP contribution is -2.49. The van der Waals surface area contributed by atoms with Gasteiger partial charge in [0.25, 0.3) is 0 Å². The van der Waals surface area contributed by atoms with E-state index in [0.717, 1.165) is 29.5 Å². The number of allylic oxidation sites excluding steroid dienone is 1. The van der Waals surface area contributed by atoms with E-state index in [2.05, 4.69) is 32.1 Å². The number of aliphatic imine (C=N–C) groups is 2. The van der Waals surface area contributed by atoms with Crippen LogP contribution in [0.3, 0.4) is 0 Å². The zero-order valence-electron chi connectivity index (χ0n) is 20.6. The predicted molar refractivity (Wildman–Crippen MR) is 144 cm³/mol. The highest BCUT2D eigenvalue weighted by atomic mass is 35.5. The number of anilines is 1. The Morgan fingerprint density at radius 1 is 1.14 bits per heavy atom. The van der Waals surface area contributed by atoms with Gasteiger partial charge in [0.15, 0.2) is 5.78 Å². The van der Waals surface area contributed by atoms with Crippen LogP contribution in [0.5, 0.6) is 0 Å². The lowest BCUT2D eigenvalue weighted by Gasteiger charge is -2.37. The van der Waals surface area contributed by atoms with Gasteiger partial charge in [0.1, 0.15) is 11.9 Å². The molecule has 3 aliphatic heterocycles. The fourth-order valence-corrected chi connectivity index (χ4v) is 4.57. The Bertz CT molecular complexity index is 1220. The molecule has 192 valence electrons. The second-order valence-electron chi connectivity index (χ2n) is 9.00. The van der Waals surface area contributed by atoms with Crippen LogP contribution in [0.2, 0.25) is 5.02 Å². The highest BCUT2D eigenvalue weighted by Gasteiger charge is 2.34. The van der Waals surface area contributed by atoms with Gasteiger partial charge in [0.2, 0.25) is 11.8 Å². The number of carbonyl (C=O) groups excluding carboxylic acids is 3. The van der Waals surface area contributed by atoms with Crippen molar-refractivity contribution in [3.05, 3.63) is 71.2 Å². The lowest BCUT2D eigenvalue weighted by molar-refractivity contribution is -0.132. The van der Waals surface area contributed by atoms with E-state index in [1.165, 1.54) is 17.8 Å². The van der Waals surface area contributed by atoms with Crippen LogP contribution >= 0.6 is 11.6 Å². The predicted octanol–water partition coefficient (Wildman–Crippen LogP) is 3.07. The summed E-state index contributed by atoms with van der Waals surface area (Å²) in [5, 5.41) is 3.11. The third kappa shape index (κ3) is 6.68. The molecule has 0 bridgehead atoms. The van der Waals surface area contributed by atoms with Crippen LogP contribution in [0.15, 0.2) is 64.9 Å². The highest BCUT2D eigenvalue weighted by Crippen LogP contribution is 2.31. The number of aromatic nitrogens is 1. The monoisotopic (exact) mass is 520 g/mol. The number of hydrogen-bond acceptors (Lipinski definition) is 7. The van der Waals surface area contributed by atoms with Crippen LogP contribution in [0.25, 0.3) is 0 Å². The second kappa shape index (κ2) is 11.9. The molecule has 1 saturated heterocycles. The van der Waals surface area contributed by atoms with E-state index in [1.54, 1.807) is 18.7 Å². The molecule has 2 aromatic rings. The molecular weight excluding hydrogens is 492 g/mol. The summed E-state index contributed by atoms with van der Waals surface area (Å²) in [4.78, 5) is 50.8. The molecule has 5 rings (SSSR count). The van der Waals surface area contributed by atoms with Crippen LogP contribution in [0, 0.1) is 6.92 Å². The summed E-state index contributed by atoms with van der Waals surface area (Å²) in [6, 6.07) is 11.7. The maximum absolute atomic E-state index is 12.9. The smallest absolute Gasteiger partial charge is 0.231 e. The number of benzene rings is 1. The second-order valence-corrected chi connectivity index (χ2v) is 9.44. The summed E-state index contributed by atoms with van der Waals surface area (Å²) in [6.07, 6.45) is 8.77. The van der Waals surface area contributed by atoms with Crippen molar-refractivity contribution < 1.29 is 14.4 Å². The quantitative estimate of drug-likeness (QED) is 0.610. The number of nitrogens with one attached hydrogen (secondary N) is 1. The van der Waals surface area contributed by atoms with Crippen LogP contribution in [0.1, 0.15) is 30.5 Å². The molecule has 0 aliphatic carbocycles. The van der Waals surface area contributed by atoms with Crippen molar-refractivity contribution in [3.8, 4) is 0 Å². The molecule has 0 saturated carbocycles. The van der Waals surface area contributed by atoms with Gasteiger partial charge >= 0.3 is 0 Å². The molecule has 1 N–H and O–H groups in total. The Balaban J connectivity index is 0.000000342. The van der Waals surface area contributed by atoms with Gasteiger partial charge in [-0.05, 0) is 49.2 Å². The Morgan fingerprint density at radius 2 is 1.95 bits per heavy atom.